The number of carbonyl (C=O) groups is 4. The van der Waals surface area contributed by atoms with Gasteiger partial charge < -0.3 is 40.3 Å². The van der Waals surface area contributed by atoms with Crippen LogP contribution in [-0.4, -0.2) is 98.9 Å². The largest absolute Gasteiger partial charge is 0.444 e. The van der Waals surface area contributed by atoms with Crippen molar-refractivity contribution in [1.29, 1.82) is 0 Å². The van der Waals surface area contributed by atoms with Crippen LogP contribution in [0.2, 0.25) is 0 Å². The number of hydrogen-bond donors (Lipinski definition) is 6. The number of nitrogens with one attached hydrogen (secondary N) is 2. The Balaban J connectivity index is 3.20. The number of allylic oxidation sites excluding steroid dienone is 2. The van der Waals surface area contributed by atoms with Crippen molar-refractivity contribution in [2.45, 2.75) is 271 Å². The number of ketones is 1. The molecule has 0 radical (unpaired) electrons. The average molecular weight is 923 g/mol. The Bertz CT molecular complexity index is 1320. The summed E-state index contributed by atoms with van der Waals surface area (Å²) in [6.07, 6.45) is 27.0. The molecule has 0 aromatic rings. The molecule has 13 nitrogen and oxygen atoms in total. The van der Waals surface area contributed by atoms with Crippen molar-refractivity contribution in [3.63, 3.8) is 0 Å². The summed E-state index contributed by atoms with van der Waals surface area (Å²) in [7, 11) is 0. The molecule has 0 bridgehead atoms. The molecule has 65 heavy (non-hydrogen) atoms. The topological polar surface area (TPSA) is 201 Å². The number of unbranched alkanes of at least 4 members (excludes halogenated alkanes) is 22. The van der Waals surface area contributed by atoms with Gasteiger partial charge in [-0.2, -0.15) is 0 Å². The first-order valence-corrected chi connectivity index (χ1v) is 26.2. The summed E-state index contributed by atoms with van der Waals surface area (Å²) in [6, 6.07) is -2.33. The van der Waals surface area contributed by atoms with Crippen LogP contribution in [0, 0.1) is 11.8 Å². The Labute approximate surface area is 395 Å². The van der Waals surface area contributed by atoms with E-state index >= 15 is 0 Å². The number of alkyl carbamates (subject to hydrolysis) is 1. The van der Waals surface area contributed by atoms with Gasteiger partial charge in [0.05, 0.1) is 18.8 Å². The number of nitrogens with two attached hydrogens (primary N) is 1. The summed E-state index contributed by atoms with van der Waals surface area (Å²) in [5.41, 5.74) is 6.33. The molecule has 0 spiro atoms. The normalized spacial score (nSPS) is 21.1. The van der Waals surface area contributed by atoms with Gasteiger partial charge in [-0.05, 0) is 78.6 Å². The third kappa shape index (κ3) is 25.4. The average Bonchev–Trinajstić information content (AvgIpc) is 3.23. The van der Waals surface area contributed by atoms with E-state index in [2.05, 4.69) is 36.6 Å². The number of carbonyl (C=O) groups excluding carboxylic acids is 4. The Morgan fingerprint density at radius 2 is 1.17 bits per heavy atom. The number of nitrogens with zero attached hydrogens (tertiary/aromatic N) is 1. The van der Waals surface area contributed by atoms with Crippen LogP contribution in [0.15, 0.2) is 12.2 Å². The fraction of sp³-hybridized carbons (Fsp3) is 0.885. The van der Waals surface area contributed by atoms with E-state index in [1.54, 1.807) is 20.8 Å². The van der Waals surface area contributed by atoms with Gasteiger partial charge in [0, 0.05) is 13.0 Å². The second kappa shape index (κ2) is 34.7. The molecule has 7 N–H and O–H groups in total. The van der Waals surface area contributed by atoms with Crippen LogP contribution in [0.5, 0.6) is 0 Å². The molecular formula is C52H98N4O9. The predicted octanol–water partition coefficient (Wildman–Crippen LogP) is 9.91. The highest BCUT2D eigenvalue weighted by Gasteiger charge is 2.59. The smallest absolute Gasteiger partial charge is 0.408 e. The van der Waals surface area contributed by atoms with Crippen LogP contribution in [0.3, 0.4) is 0 Å². The number of amides is 3. The van der Waals surface area contributed by atoms with Crippen LogP contribution in [0.25, 0.3) is 0 Å². The van der Waals surface area contributed by atoms with Gasteiger partial charge in [-0.15, -0.1) is 0 Å². The maximum absolute atomic E-state index is 14.8. The van der Waals surface area contributed by atoms with Gasteiger partial charge in [-0.3, -0.25) is 20.1 Å². The molecule has 1 fully saturated rings. The molecule has 1 saturated heterocycles. The second-order valence-corrected chi connectivity index (χ2v) is 20.3. The van der Waals surface area contributed by atoms with Crippen molar-refractivity contribution in [2.24, 2.45) is 17.6 Å². The number of aliphatic hydroxyl groups is 3. The molecule has 3 amide bonds. The maximum Gasteiger partial charge on any atom is 0.408 e. The Morgan fingerprint density at radius 3 is 1.63 bits per heavy atom. The number of hydrogen-bond acceptors (Lipinski definition) is 10. The van der Waals surface area contributed by atoms with Gasteiger partial charge in [-0.1, -0.05) is 162 Å². The zero-order valence-electron chi connectivity index (χ0n) is 42.5. The third-order valence-corrected chi connectivity index (χ3v) is 12.4. The van der Waals surface area contributed by atoms with E-state index in [0.717, 1.165) is 64.2 Å². The molecule has 1 rings (SSSR count). The molecule has 7 atom stereocenters. The lowest BCUT2D eigenvalue weighted by Gasteiger charge is -2.53. The van der Waals surface area contributed by atoms with E-state index in [-0.39, 0.29) is 31.2 Å². The summed E-state index contributed by atoms with van der Waals surface area (Å²) in [5.74, 6) is -5.80. The molecule has 0 aromatic carbocycles. The van der Waals surface area contributed by atoms with Crippen molar-refractivity contribution < 1.29 is 44.0 Å². The first-order chi connectivity index (χ1) is 30.9. The first-order valence-electron chi connectivity index (χ1n) is 26.2. The van der Waals surface area contributed by atoms with Gasteiger partial charge >= 0.3 is 6.09 Å². The minimum Gasteiger partial charge on any atom is -0.444 e. The van der Waals surface area contributed by atoms with Crippen LogP contribution < -0.4 is 16.4 Å². The molecule has 0 unspecified atom stereocenters. The molecule has 13 heteroatoms. The third-order valence-electron chi connectivity index (χ3n) is 12.4. The monoisotopic (exact) mass is 923 g/mol. The number of Topliss-reactive ketones (excluding diaryl/α,β-unsaturated/α-hetero) is 1. The SMILES string of the molecule is CCCCCCCC/C=C\CCCCCCCC(=O)N(CCCCCCCCCCCCCC)[C@]1(N)O[C@H](CO)[C@@H](O)[C@H](O)[C@H]1C(=O)[C@H](CC(C)C)NC(=O)[C@H](C)NC(=O)OC(C)(C)C. The van der Waals surface area contributed by atoms with Crippen LogP contribution in [-0.2, 0) is 23.9 Å². The van der Waals surface area contributed by atoms with Gasteiger partial charge in [0.25, 0.3) is 0 Å². The van der Waals surface area contributed by atoms with Crippen molar-refractivity contribution >= 4 is 23.7 Å². The quantitative estimate of drug-likeness (QED) is 0.0198. The maximum atomic E-state index is 14.8. The highest BCUT2D eigenvalue weighted by molar-refractivity contribution is 5.94. The number of ether oxygens (including phenoxy) is 2. The van der Waals surface area contributed by atoms with Crippen molar-refractivity contribution in [1.82, 2.24) is 15.5 Å². The van der Waals surface area contributed by atoms with E-state index in [0.29, 0.717) is 12.8 Å². The standard InChI is InChI=1S/C52H98N4O9/c1-9-11-13-15-17-19-21-23-24-25-26-28-30-32-34-36-44(58)56(37-35-33-31-29-27-22-20-18-16-14-12-10-2)52(53)45(48(61)47(60)43(39-57)64-52)46(59)42(38-40(3)4)55-49(62)41(5)54-50(63)65-51(6,7)8/h23-24,40-43,45,47-48,57,60-61H,9-22,25-39,53H2,1-8H3,(H,54,63)(H,55,62)/b24-23-/t41-,42-,43+,45+,47+,48+,52-/m0/s1. The summed E-state index contributed by atoms with van der Waals surface area (Å²) in [4.78, 5) is 56.6. The van der Waals surface area contributed by atoms with Crippen LogP contribution in [0.1, 0.15) is 229 Å². The lowest BCUT2D eigenvalue weighted by Crippen LogP contribution is -2.76. The highest BCUT2D eigenvalue weighted by atomic mass is 16.6. The summed E-state index contributed by atoms with van der Waals surface area (Å²) in [5, 5.41) is 38.5. The van der Waals surface area contributed by atoms with Gasteiger partial charge in [0.1, 0.15) is 29.8 Å². The van der Waals surface area contributed by atoms with E-state index < -0.39 is 72.2 Å². The molecule has 0 aliphatic carbocycles. The fourth-order valence-electron chi connectivity index (χ4n) is 8.66. The number of rotatable bonds is 37. The number of aliphatic hydroxyl groups excluding tert-OH is 3. The summed E-state index contributed by atoms with van der Waals surface area (Å²) in [6.45, 7) is 14.2. The van der Waals surface area contributed by atoms with Crippen LogP contribution >= 0.6 is 0 Å². The summed E-state index contributed by atoms with van der Waals surface area (Å²) < 4.78 is 11.5. The predicted molar refractivity (Wildman–Crippen MR) is 262 cm³/mol. The zero-order valence-corrected chi connectivity index (χ0v) is 42.5. The van der Waals surface area contributed by atoms with Gasteiger partial charge in [-0.25, -0.2) is 4.79 Å². The first kappa shape index (κ1) is 60.4. The minimum absolute atomic E-state index is 0.123. The Hall–Kier alpha value is -2.58. The molecular weight excluding hydrogens is 825 g/mol. The van der Waals surface area contributed by atoms with E-state index in [4.69, 9.17) is 15.2 Å². The van der Waals surface area contributed by atoms with E-state index in [9.17, 15) is 34.5 Å². The van der Waals surface area contributed by atoms with Crippen LogP contribution in [0.4, 0.5) is 4.79 Å². The van der Waals surface area contributed by atoms with E-state index in [1.165, 1.54) is 95.3 Å². The Kier molecular flexibility index (Phi) is 32.2. The molecule has 1 aliphatic rings. The van der Waals surface area contributed by atoms with Crippen molar-refractivity contribution in [2.75, 3.05) is 13.2 Å². The highest BCUT2D eigenvalue weighted by Crippen LogP contribution is 2.37. The van der Waals surface area contributed by atoms with E-state index in [1.807, 2.05) is 13.8 Å². The van der Waals surface area contributed by atoms with Crippen molar-refractivity contribution in [3.8, 4) is 0 Å². The fourth-order valence-corrected chi connectivity index (χ4v) is 8.66. The van der Waals surface area contributed by atoms with Crippen molar-refractivity contribution in [3.05, 3.63) is 12.2 Å². The molecule has 0 saturated carbocycles. The minimum atomic E-state index is -2.25. The lowest BCUT2D eigenvalue weighted by atomic mass is 9.79. The lowest BCUT2D eigenvalue weighted by molar-refractivity contribution is -0.292. The zero-order chi connectivity index (χ0) is 48.7. The molecule has 1 heterocycles. The molecule has 0 aromatic heterocycles. The molecule has 1 aliphatic heterocycles. The molecule has 380 valence electrons. The van der Waals surface area contributed by atoms with Gasteiger partial charge in [0.15, 0.2) is 5.78 Å². The second-order valence-electron chi connectivity index (χ2n) is 20.3. The Morgan fingerprint density at radius 1 is 0.708 bits per heavy atom. The summed E-state index contributed by atoms with van der Waals surface area (Å²) >= 11 is 0. The van der Waals surface area contributed by atoms with Gasteiger partial charge in [0.2, 0.25) is 17.7 Å².